The van der Waals surface area contributed by atoms with Gasteiger partial charge in [0.25, 0.3) is 0 Å². The summed E-state index contributed by atoms with van der Waals surface area (Å²) in [6.07, 6.45) is 0. The van der Waals surface area contributed by atoms with Gasteiger partial charge in [-0.05, 0) is 30.1 Å². The van der Waals surface area contributed by atoms with Gasteiger partial charge in [0.05, 0.1) is 6.04 Å². The summed E-state index contributed by atoms with van der Waals surface area (Å²) in [5.41, 5.74) is 8.29. The Morgan fingerprint density at radius 1 is 1.19 bits per heavy atom. The highest BCUT2D eigenvalue weighted by Gasteiger charge is 2.17. The van der Waals surface area contributed by atoms with Crippen molar-refractivity contribution in [1.29, 1.82) is 0 Å². The predicted molar refractivity (Wildman–Crippen MR) is 87.7 cm³/mol. The topological polar surface area (TPSA) is 58.4 Å². The Kier molecular flexibility index (Phi) is 7.40. The van der Waals surface area contributed by atoms with Crippen LogP contribution in [-0.2, 0) is 17.9 Å². The maximum Gasteiger partial charge on any atom is 0.237 e. The molecule has 118 valence electrons. The van der Waals surface area contributed by atoms with Crippen LogP contribution in [-0.4, -0.2) is 29.9 Å². The summed E-state index contributed by atoms with van der Waals surface area (Å²) in [7, 11) is 0. The molecule has 1 atom stereocenters. The van der Waals surface area contributed by atoms with Gasteiger partial charge >= 0.3 is 0 Å². The van der Waals surface area contributed by atoms with E-state index in [1.54, 1.807) is 0 Å². The highest BCUT2D eigenvalue weighted by Crippen LogP contribution is 2.12. The van der Waals surface area contributed by atoms with Crippen molar-refractivity contribution in [3.63, 3.8) is 0 Å². The Balaban J connectivity index is 2.69. The highest BCUT2D eigenvalue weighted by molar-refractivity contribution is 5.81. The summed E-state index contributed by atoms with van der Waals surface area (Å²) < 4.78 is 0. The first kappa shape index (κ1) is 17.7. The van der Waals surface area contributed by atoms with Crippen LogP contribution in [0.5, 0.6) is 0 Å². The van der Waals surface area contributed by atoms with Crippen LogP contribution in [0.15, 0.2) is 24.3 Å². The van der Waals surface area contributed by atoms with E-state index in [1.165, 1.54) is 5.56 Å². The average molecular weight is 291 g/mol. The van der Waals surface area contributed by atoms with Gasteiger partial charge in [-0.3, -0.25) is 9.69 Å². The van der Waals surface area contributed by atoms with Crippen LogP contribution >= 0.6 is 0 Å². The van der Waals surface area contributed by atoms with Crippen LogP contribution < -0.4 is 11.1 Å². The first-order valence-electron chi connectivity index (χ1n) is 7.82. The second kappa shape index (κ2) is 8.80. The second-order valence-corrected chi connectivity index (χ2v) is 5.72. The molecule has 1 rings (SSSR count). The van der Waals surface area contributed by atoms with Gasteiger partial charge in [0, 0.05) is 13.1 Å². The molecule has 1 aromatic rings. The standard InChI is InChI=1S/C17H29N3O/c1-5-20(6-2)12-15-10-8-7-9-14(15)11-19-17(21)16(18)13(3)4/h7-10,13,16H,5-6,11-12,18H2,1-4H3,(H,19,21)/t16-/m1/s1. The number of carbonyl (C=O) groups excluding carboxylic acids is 1. The molecule has 0 fully saturated rings. The van der Waals surface area contributed by atoms with Crippen molar-refractivity contribution in [3.05, 3.63) is 35.4 Å². The molecule has 1 amide bonds. The van der Waals surface area contributed by atoms with E-state index >= 15 is 0 Å². The zero-order chi connectivity index (χ0) is 15.8. The van der Waals surface area contributed by atoms with Gasteiger partial charge in [-0.2, -0.15) is 0 Å². The molecule has 0 radical (unpaired) electrons. The van der Waals surface area contributed by atoms with Gasteiger partial charge in [-0.25, -0.2) is 0 Å². The number of hydrogen-bond donors (Lipinski definition) is 2. The molecular weight excluding hydrogens is 262 g/mol. The highest BCUT2D eigenvalue weighted by atomic mass is 16.2. The molecule has 0 unspecified atom stereocenters. The summed E-state index contributed by atoms with van der Waals surface area (Å²) in [4.78, 5) is 14.3. The number of hydrogen-bond acceptors (Lipinski definition) is 3. The zero-order valence-electron chi connectivity index (χ0n) is 13.7. The van der Waals surface area contributed by atoms with E-state index in [0.29, 0.717) is 6.54 Å². The van der Waals surface area contributed by atoms with Crippen LogP contribution in [0.1, 0.15) is 38.8 Å². The summed E-state index contributed by atoms with van der Waals surface area (Å²) >= 11 is 0. The third-order valence-electron chi connectivity index (χ3n) is 3.88. The van der Waals surface area contributed by atoms with Crippen LogP contribution in [0, 0.1) is 5.92 Å². The fraction of sp³-hybridized carbons (Fsp3) is 0.588. The number of nitrogens with two attached hydrogens (primary N) is 1. The quantitative estimate of drug-likeness (QED) is 0.771. The molecule has 1 aromatic carbocycles. The van der Waals surface area contributed by atoms with Gasteiger partial charge in [0.2, 0.25) is 5.91 Å². The van der Waals surface area contributed by atoms with Crippen LogP contribution in [0.4, 0.5) is 0 Å². The Labute approximate surface area is 128 Å². The summed E-state index contributed by atoms with van der Waals surface area (Å²) in [6.45, 7) is 11.7. The first-order chi connectivity index (χ1) is 9.99. The Morgan fingerprint density at radius 2 is 1.76 bits per heavy atom. The minimum Gasteiger partial charge on any atom is -0.351 e. The van der Waals surface area contributed by atoms with E-state index < -0.39 is 6.04 Å². The molecule has 0 aliphatic rings. The lowest BCUT2D eigenvalue weighted by molar-refractivity contribution is -0.123. The van der Waals surface area contributed by atoms with Gasteiger partial charge in [-0.15, -0.1) is 0 Å². The number of nitrogens with zero attached hydrogens (tertiary/aromatic N) is 1. The average Bonchev–Trinajstić information content (AvgIpc) is 2.50. The third kappa shape index (κ3) is 5.48. The first-order valence-corrected chi connectivity index (χ1v) is 7.82. The van der Waals surface area contributed by atoms with Crippen molar-refractivity contribution in [2.45, 2.75) is 46.8 Å². The fourth-order valence-corrected chi connectivity index (χ4v) is 2.18. The Bertz CT molecular complexity index is 441. The van der Waals surface area contributed by atoms with E-state index in [9.17, 15) is 4.79 Å². The maximum atomic E-state index is 12.0. The summed E-state index contributed by atoms with van der Waals surface area (Å²) in [5.74, 6) is 0.0681. The largest absolute Gasteiger partial charge is 0.351 e. The van der Waals surface area contributed by atoms with Gasteiger partial charge in [0.15, 0.2) is 0 Å². The third-order valence-corrected chi connectivity index (χ3v) is 3.88. The molecule has 3 N–H and O–H groups in total. The number of amides is 1. The molecule has 0 aliphatic heterocycles. The van der Waals surface area contributed by atoms with Crippen molar-refractivity contribution in [1.82, 2.24) is 10.2 Å². The van der Waals surface area contributed by atoms with E-state index in [1.807, 2.05) is 26.0 Å². The minimum atomic E-state index is -0.444. The maximum absolute atomic E-state index is 12.0. The Hall–Kier alpha value is -1.39. The van der Waals surface area contributed by atoms with Crippen molar-refractivity contribution in [2.24, 2.45) is 11.7 Å². The zero-order valence-corrected chi connectivity index (χ0v) is 13.7. The van der Waals surface area contributed by atoms with Crippen molar-refractivity contribution < 1.29 is 4.79 Å². The monoisotopic (exact) mass is 291 g/mol. The lowest BCUT2D eigenvalue weighted by atomic mass is 10.0. The SMILES string of the molecule is CCN(CC)Cc1ccccc1CNC(=O)[C@H](N)C(C)C. The normalized spacial score (nSPS) is 12.7. The molecule has 0 aromatic heterocycles. The molecular formula is C17H29N3O. The second-order valence-electron chi connectivity index (χ2n) is 5.72. The smallest absolute Gasteiger partial charge is 0.237 e. The molecule has 0 heterocycles. The van der Waals surface area contributed by atoms with Crippen molar-refractivity contribution in [2.75, 3.05) is 13.1 Å². The molecule has 21 heavy (non-hydrogen) atoms. The Morgan fingerprint density at radius 3 is 2.29 bits per heavy atom. The molecule has 4 heteroatoms. The molecule has 0 spiro atoms. The summed E-state index contributed by atoms with van der Waals surface area (Å²) in [6, 6.07) is 7.81. The van der Waals surface area contributed by atoms with E-state index in [0.717, 1.165) is 25.2 Å². The predicted octanol–water partition coefficient (Wildman–Crippen LogP) is 2.13. The summed E-state index contributed by atoms with van der Waals surface area (Å²) in [5, 5.41) is 2.95. The van der Waals surface area contributed by atoms with E-state index in [4.69, 9.17) is 5.73 Å². The van der Waals surface area contributed by atoms with Crippen molar-refractivity contribution in [3.8, 4) is 0 Å². The fourth-order valence-electron chi connectivity index (χ4n) is 2.18. The van der Waals surface area contributed by atoms with Crippen molar-refractivity contribution >= 4 is 5.91 Å². The lowest BCUT2D eigenvalue weighted by Crippen LogP contribution is -2.43. The molecule has 0 bridgehead atoms. The molecule has 0 saturated carbocycles. The number of nitrogens with one attached hydrogen (secondary N) is 1. The molecule has 4 nitrogen and oxygen atoms in total. The number of rotatable bonds is 8. The molecule has 0 saturated heterocycles. The number of carbonyl (C=O) groups is 1. The van der Waals surface area contributed by atoms with Crippen LogP contribution in [0.25, 0.3) is 0 Å². The van der Waals surface area contributed by atoms with E-state index in [-0.39, 0.29) is 11.8 Å². The van der Waals surface area contributed by atoms with E-state index in [2.05, 4.69) is 36.2 Å². The van der Waals surface area contributed by atoms with Crippen LogP contribution in [0.3, 0.4) is 0 Å². The van der Waals surface area contributed by atoms with Gasteiger partial charge in [0.1, 0.15) is 0 Å². The minimum absolute atomic E-state index is 0.0809. The van der Waals surface area contributed by atoms with Gasteiger partial charge < -0.3 is 11.1 Å². The van der Waals surface area contributed by atoms with Crippen LogP contribution in [0.2, 0.25) is 0 Å². The number of benzene rings is 1. The lowest BCUT2D eigenvalue weighted by Gasteiger charge is -2.21. The molecule has 0 aliphatic carbocycles. The van der Waals surface area contributed by atoms with Gasteiger partial charge in [-0.1, -0.05) is 52.0 Å².